The van der Waals surface area contributed by atoms with Gasteiger partial charge in [-0.05, 0) is 77.3 Å². The molecule has 8 nitrogen and oxygen atoms in total. The van der Waals surface area contributed by atoms with Crippen LogP contribution in [-0.2, 0) is 16.2 Å². The summed E-state index contributed by atoms with van der Waals surface area (Å²) >= 11 is 0. The van der Waals surface area contributed by atoms with Crippen molar-refractivity contribution < 1.29 is 0 Å². The lowest BCUT2D eigenvalue weighted by molar-refractivity contribution is 0.552. The summed E-state index contributed by atoms with van der Waals surface area (Å²) in [5, 5.41) is 18.0. The van der Waals surface area contributed by atoms with Gasteiger partial charge in [0.1, 0.15) is 6.07 Å². The molecule has 8 heteroatoms. The van der Waals surface area contributed by atoms with Crippen LogP contribution >= 0.6 is 0 Å². The molecule has 4 heterocycles. The van der Waals surface area contributed by atoms with Gasteiger partial charge in [-0.15, -0.1) is 4.68 Å². The number of aromatic nitrogens is 6. The molecule has 4 aromatic heterocycles. The Hall–Kier alpha value is -4.30. The third-order valence-corrected chi connectivity index (χ3v) is 6.50. The molecule has 0 aliphatic rings. The fourth-order valence-electron chi connectivity index (χ4n) is 3.92. The van der Waals surface area contributed by atoms with E-state index in [4.69, 9.17) is 16.5 Å². The first-order valence-corrected chi connectivity index (χ1v) is 12.2. The summed E-state index contributed by atoms with van der Waals surface area (Å²) in [6.45, 7) is 24.5. The Labute approximate surface area is 218 Å². The Morgan fingerprint density at radius 2 is 1.24 bits per heavy atom. The zero-order valence-corrected chi connectivity index (χ0v) is 22.7. The van der Waals surface area contributed by atoms with Crippen LogP contribution in [0.3, 0.4) is 0 Å². The normalized spacial score (nSPS) is 12.3. The van der Waals surface area contributed by atoms with E-state index in [9.17, 15) is 5.26 Å². The lowest BCUT2D eigenvalue weighted by atomic mass is 9.78. The first-order chi connectivity index (χ1) is 17.2. The van der Waals surface area contributed by atoms with Crippen LogP contribution < -0.4 is 0 Å². The molecule has 0 N–H and O–H groups in total. The van der Waals surface area contributed by atoms with E-state index in [1.807, 2.05) is 12.1 Å². The number of pyridine rings is 2. The van der Waals surface area contributed by atoms with Crippen molar-refractivity contribution in [3.8, 4) is 17.7 Å². The Bertz CT molecular complexity index is 1430. The quantitative estimate of drug-likeness (QED) is 0.317. The molecular formula is C29H32N8. The highest BCUT2D eigenvalue weighted by Gasteiger charge is 2.31. The topological polar surface area (TPSA) is 89.6 Å². The standard InChI is InChI=1S/C29H32N8/c1-27(2,3)19-14-22(32-25(16-19)36-12-10-21(18-30)34-36)29(7,8)23-15-20(28(4,5)6)17-26(33-23)37-13-11-24(31-9)35-37/h10-17H,1-8H3. The van der Waals surface area contributed by atoms with Crippen molar-refractivity contribution in [1.29, 1.82) is 5.26 Å². The van der Waals surface area contributed by atoms with Crippen molar-refractivity contribution in [3.05, 3.63) is 88.4 Å². The van der Waals surface area contributed by atoms with E-state index in [1.54, 1.807) is 33.9 Å². The van der Waals surface area contributed by atoms with Crippen molar-refractivity contribution in [2.45, 2.75) is 71.6 Å². The first kappa shape index (κ1) is 25.8. The predicted octanol–water partition coefficient (Wildman–Crippen LogP) is 6.19. The van der Waals surface area contributed by atoms with E-state index in [-0.39, 0.29) is 10.8 Å². The average molecular weight is 493 g/mol. The lowest BCUT2D eigenvalue weighted by Crippen LogP contribution is -2.26. The molecular weight excluding hydrogens is 460 g/mol. The Morgan fingerprint density at radius 1 is 0.757 bits per heavy atom. The van der Waals surface area contributed by atoms with Gasteiger partial charge >= 0.3 is 0 Å². The summed E-state index contributed by atoms with van der Waals surface area (Å²) < 4.78 is 3.30. The number of rotatable bonds is 4. The van der Waals surface area contributed by atoms with Gasteiger partial charge in [-0.2, -0.15) is 10.4 Å². The van der Waals surface area contributed by atoms with E-state index in [2.05, 4.69) is 88.6 Å². The molecule has 0 aliphatic carbocycles. The highest BCUT2D eigenvalue weighted by Crippen LogP contribution is 2.36. The maximum absolute atomic E-state index is 9.27. The van der Waals surface area contributed by atoms with Crippen molar-refractivity contribution in [2.75, 3.05) is 0 Å². The van der Waals surface area contributed by atoms with Crippen molar-refractivity contribution in [2.24, 2.45) is 0 Å². The highest BCUT2D eigenvalue weighted by molar-refractivity contribution is 5.44. The second-order valence-corrected chi connectivity index (χ2v) is 11.8. The van der Waals surface area contributed by atoms with Crippen LogP contribution in [-0.4, -0.2) is 29.5 Å². The molecule has 0 radical (unpaired) electrons. The summed E-state index contributed by atoms with van der Waals surface area (Å²) in [7, 11) is 0. The summed E-state index contributed by atoms with van der Waals surface area (Å²) in [6, 6.07) is 13.8. The van der Waals surface area contributed by atoms with E-state index in [0.717, 1.165) is 22.5 Å². The lowest BCUT2D eigenvalue weighted by Gasteiger charge is -2.29. The van der Waals surface area contributed by atoms with Gasteiger partial charge in [-0.1, -0.05) is 48.1 Å². The van der Waals surface area contributed by atoms with Gasteiger partial charge in [0.05, 0.1) is 11.4 Å². The summed E-state index contributed by atoms with van der Waals surface area (Å²) in [5.41, 5.74) is 3.40. The molecule has 0 saturated heterocycles. The van der Waals surface area contributed by atoms with E-state index >= 15 is 0 Å². The van der Waals surface area contributed by atoms with Crippen molar-refractivity contribution >= 4 is 5.82 Å². The minimum Gasteiger partial charge on any atom is -0.359 e. The molecule has 0 amide bonds. The van der Waals surface area contributed by atoms with Crippen LogP contribution in [0.5, 0.6) is 0 Å². The minimum atomic E-state index is -0.576. The maximum atomic E-state index is 9.27. The van der Waals surface area contributed by atoms with Crippen molar-refractivity contribution in [3.63, 3.8) is 0 Å². The van der Waals surface area contributed by atoms with Crippen LogP contribution in [0.2, 0.25) is 0 Å². The third-order valence-electron chi connectivity index (χ3n) is 6.50. The number of nitrogens with zero attached hydrogens (tertiary/aromatic N) is 8. The van der Waals surface area contributed by atoms with Crippen molar-refractivity contribution in [1.82, 2.24) is 29.5 Å². The number of hydrogen-bond donors (Lipinski definition) is 0. The van der Waals surface area contributed by atoms with Gasteiger partial charge in [0.25, 0.3) is 5.82 Å². The largest absolute Gasteiger partial charge is 0.359 e. The molecule has 0 atom stereocenters. The molecule has 37 heavy (non-hydrogen) atoms. The minimum absolute atomic E-state index is 0.132. The Balaban J connectivity index is 1.93. The molecule has 0 aliphatic heterocycles. The SMILES string of the molecule is [C-]#[N+]c1ccn(-c2cc(C(C)(C)C)cc(C(C)(C)c3cc(C(C)(C)C)cc(-n4ccc(C#N)n4)n3)n2)n1. The second kappa shape index (κ2) is 8.97. The van der Waals surface area contributed by atoms with E-state index in [1.165, 1.54) is 0 Å². The summed E-state index contributed by atoms with van der Waals surface area (Å²) in [6.07, 6.45) is 3.52. The molecule has 0 spiro atoms. The average Bonchev–Trinajstić information content (AvgIpc) is 3.52. The highest BCUT2D eigenvalue weighted by atomic mass is 15.3. The van der Waals surface area contributed by atoms with Crippen LogP contribution in [0, 0.1) is 17.9 Å². The molecule has 188 valence electrons. The number of nitriles is 1. The Kier molecular flexibility index (Phi) is 6.25. The summed E-state index contributed by atoms with van der Waals surface area (Å²) in [5.74, 6) is 1.63. The molecule has 0 fully saturated rings. The summed E-state index contributed by atoms with van der Waals surface area (Å²) in [4.78, 5) is 13.5. The third kappa shape index (κ3) is 5.15. The maximum Gasteiger partial charge on any atom is 0.295 e. The van der Waals surface area contributed by atoms with Crippen LogP contribution in [0.25, 0.3) is 16.5 Å². The van der Waals surface area contributed by atoms with Gasteiger partial charge < -0.3 is 4.85 Å². The van der Waals surface area contributed by atoms with Gasteiger partial charge in [0, 0.05) is 17.8 Å². The molecule has 4 rings (SSSR count). The van der Waals surface area contributed by atoms with E-state index < -0.39 is 5.41 Å². The molecule has 0 saturated carbocycles. The van der Waals surface area contributed by atoms with Gasteiger partial charge in [-0.3, -0.25) is 0 Å². The van der Waals surface area contributed by atoms with Crippen LogP contribution in [0.4, 0.5) is 5.82 Å². The van der Waals surface area contributed by atoms with Gasteiger partial charge in [0.15, 0.2) is 17.3 Å². The fourth-order valence-corrected chi connectivity index (χ4v) is 3.92. The second-order valence-electron chi connectivity index (χ2n) is 11.8. The monoisotopic (exact) mass is 492 g/mol. The number of hydrogen-bond acceptors (Lipinski definition) is 5. The predicted molar refractivity (Wildman–Crippen MR) is 143 cm³/mol. The van der Waals surface area contributed by atoms with Gasteiger partial charge in [0.2, 0.25) is 0 Å². The zero-order valence-electron chi connectivity index (χ0n) is 22.7. The molecule has 4 aromatic rings. The van der Waals surface area contributed by atoms with Crippen LogP contribution in [0.1, 0.15) is 83.6 Å². The molecule has 0 unspecified atom stereocenters. The van der Waals surface area contributed by atoms with E-state index in [0.29, 0.717) is 23.1 Å². The molecule has 0 bridgehead atoms. The van der Waals surface area contributed by atoms with Gasteiger partial charge in [-0.25, -0.2) is 14.6 Å². The Morgan fingerprint density at radius 3 is 1.65 bits per heavy atom. The first-order valence-electron chi connectivity index (χ1n) is 12.2. The fraction of sp³-hybridized carbons (Fsp3) is 0.379. The smallest absolute Gasteiger partial charge is 0.295 e. The van der Waals surface area contributed by atoms with Crippen LogP contribution in [0.15, 0.2) is 48.8 Å². The molecule has 0 aromatic carbocycles. The zero-order chi connectivity index (χ0) is 27.2.